The molecular formula is C21H21FN2O4S. The summed E-state index contributed by atoms with van der Waals surface area (Å²) in [4.78, 5) is 37.5. The second-order valence-electron chi connectivity index (χ2n) is 6.38. The summed E-state index contributed by atoms with van der Waals surface area (Å²) in [7, 11) is 0. The average molecular weight is 416 g/mol. The van der Waals surface area contributed by atoms with Crippen molar-refractivity contribution in [3.05, 3.63) is 59.9 Å². The lowest BCUT2D eigenvalue weighted by Crippen LogP contribution is -2.27. The highest BCUT2D eigenvalue weighted by atomic mass is 32.2. The highest BCUT2D eigenvalue weighted by Gasteiger charge is 2.34. The Labute approximate surface area is 172 Å². The molecule has 0 unspecified atom stereocenters. The van der Waals surface area contributed by atoms with Gasteiger partial charge in [0.05, 0.1) is 18.8 Å². The molecule has 0 spiro atoms. The summed E-state index contributed by atoms with van der Waals surface area (Å²) in [6.07, 6.45) is 0.0477. The molecule has 1 fully saturated rings. The van der Waals surface area contributed by atoms with E-state index < -0.39 is 5.97 Å². The van der Waals surface area contributed by atoms with Gasteiger partial charge in [-0.25, -0.2) is 4.39 Å². The maximum Gasteiger partial charge on any atom is 0.306 e. The van der Waals surface area contributed by atoms with E-state index in [1.165, 1.54) is 23.9 Å². The van der Waals surface area contributed by atoms with Crippen molar-refractivity contribution >= 4 is 40.9 Å². The zero-order chi connectivity index (χ0) is 20.8. The number of amides is 2. The molecule has 0 bridgehead atoms. The number of thioether (sulfide) groups is 1. The average Bonchev–Trinajstić information content (AvgIpc) is 3.09. The summed E-state index contributed by atoms with van der Waals surface area (Å²) in [6.45, 7) is 2.00. The minimum atomic E-state index is -0.410. The highest BCUT2D eigenvalue weighted by Crippen LogP contribution is 2.42. The largest absolute Gasteiger partial charge is 0.466 e. The monoisotopic (exact) mass is 416 g/mol. The Balaban J connectivity index is 1.71. The molecule has 0 radical (unpaired) electrons. The Hall–Kier alpha value is -2.87. The summed E-state index contributed by atoms with van der Waals surface area (Å²) in [5.74, 6) is -0.807. The molecule has 8 heteroatoms. The molecule has 1 aliphatic heterocycles. The van der Waals surface area contributed by atoms with Gasteiger partial charge in [0.15, 0.2) is 0 Å². The van der Waals surface area contributed by atoms with E-state index in [2.05, 4.69) is 5.32 Å². The van der Waals surface area contributed by atoms with Gasteiger partial charge in [-0.05, 0) is 48.9 Å². The first kappa shape index (κ1) is 20.9. The minimum absolute atomic E-state index is 0.0185. The quantitative estimate of drug-likeness (QED) is 0.693. The maximum absolute atomic E-state index is 13.2. The van der Waals surface area contributed by atoms with Gasteiger partial charge in [0, 0.05) is 17.8 Å². The number of carbonyl (C=O) groups excluding carboxylic acids is 3. The third-order valence-electron chi connectivity index (χ3n) is 4.29. The Bertz CT molecular complexity index is 904. The van der Waals surface area contributed by atoms with Crippen molar-refractivity contribution in [2.75, 3.05) is 22.6 Å². The molecular weight excluding hydrogens is 395 g/mol. The van der Waals surface area contributed by atoms with Gasteiger partial charge in [0.1, 0.15) is 11.2 Å². The third-order valence-corrected chi connectivity index (χ3v) is 5.50. The predicted octanol–water partition coefficient (Wildman–Crippen LogP) is 3.89. The zero-order valence-corrected chi connectivity index (χ0v) is 16.7. The molecule has 1 aliphatic rings. The van der Waals surface area contributed by atoms with E-state index in [0.717, 1.165) is 5.56 Å². The number of benzene rings is 2. The van der Waals surface area contributed by atoms with E-state index in [1.807, 2.05) is 6.07 Å². The Morgan fingerprint density at radius 1 is 1.21 bits per heavy atom. The lowest BCUT2D eigenvalue weighted by Gasteiger charge is -2.24. The second-order valence-corrected chi connectivity index (χ2v) is 7.45. The van der Waals surface area contributed by atoms with Crippen LogP contribution < -0.4 is 10.2 Å². The number of anilines is 2. The van der Waals surface area contributed by atoms with E-state index >= 15 is 0 Å². The van der Waals surface area contributed by atoms with Crippen molar-refractivity contribution in [1.82, 2.24) is 0 Å². The third kappa shape index (κ3) is 5.35. The van der Waals surface area contributed by atoms with Crippen LogP contribution in [0.15, 0.2) is 48.5 Å². The smallest absolute Gasteiger partial charge is 0.306 e. The van der Waals surface area contributed by atoms with Crippen LogP contribution in [0.3, 0.4) is 0 Å². The van der Waals surface area contributed by atoms with Gasteiger partial charge in [0.2, 0.25) is 11.8 Å². The number of rotatable bonds is 7. The normalized spacial score (nSPS) is 16.0. The number of nitrogens with one attached hydrogen (secondary N) is 1. The van der Waals surface area contributed by atoms with Gasteiger partial charge in [-0.3, -0.25) is 19.3 Å². The van der Waals surface area contributed by atoms with Crippen LogP contribution in [0, 0.1) is 5.82 Å². The summed E-state index contributed by atoms with van der Waals surface area (Å²) in [6, 6.07) is 13.0. The lowest BCUT2D eigenvalue weighted by atomic mass is 10.1. The molecule has 1 heterocycles. The number of hydrogen-bond acceptors (Lipinski definition) is 5. The van der Waals surface area contributed by atoms with Crippen LogP contribution in [0.5, 0.6) is 0 Å². The molecule has 2 aromatic carbocycles. The Morgan fingerprint density at radius 3 is 2.69 bits per heavy atom. The first-order valence-electron chi connectivity index (χ1n) is 9.22. The van der Waals surface area contributed by atoms with Crippen molar-refractivity contribution < 1.29 is 23.5 Å². The van der Waals surface area contributed by atoms with Crippen LogP contribution in [0.1, 0.15) is 30.7 Å². The molecule has 3 rings (SSSR count). The minimum Gasteiger partial charge on any atom is -0.466 e. The van der Waals surface area contributed by atoms with E-state index in [4.69, 9.17) is 4.74 Å². The van der Waals surface area contributed by atoms with Gasteiger partial charge in [-0.2, -0.15) is 0 Å². The van der Waals surface area contributed by atoms with E-state index in [1.54, 1.807) is 42.2 Å². The first-order chi connectivity index (χ1) is 14.0. The van der Waals surface area contributed by atoms with Crippen LogP contribution in [0.25, 0.3) is 0 Å². The van der Waals surface area contributed by atoms with Crippen molar-refractivity contribution in [3.63, 3.8) is 0 Å². The number of hydrogen-bond donors (Lipinski definition) is 1. The lowest BCUT2D eigenvalue weighted by molar-refractivity contribution is -0.144. The van der Waals surface area contributed by atoms with Crippen LogP contribution >= 0.6 is 11.8 Å². The SMILES string of the molecule is CCOC(=O)CCC(=O)Nc1cccc([C@@H]2SCC(=O)N2c2ccc(F)cc2)c1. The standard InChI is InChI=1S/C21H21FN2O4S/c1-2-28-20(27)11-10-18(25)23-16-5-3-4-14(12-16)21-24(19(26)13-29-21)17-8-6-15(22)7-9-17/h3-9,12,21H,2,10-11,13H2,1H3,(H,23,25)/t21-/m0/s1. The summed E-state index contributed by atoms with van der Waals surface area (Å²) >= 11 is 1.47. The number of halogens is 1. The number of nitrogens with zero attached hydrogens (tertiary/aromatic N) is 1. The number of ether oxygens (including phenoxy) is 1. The molecule has 2 aromatic rings. The second kappa shape index (κ2) is 9.56. The van der Waals surface area contributed by atoms with Gasteiger partial charge < -0.3 is 10.1 Å². The van der Waals surface area contributed by atoms with Crippen LogP contribution in [-0.2, 0) is 19.1 Å². The molecule has 29 heavy (non-hydrogen) atoms. The molecule has 1 N–H and O–H groups in total. The first-order valence-corrected chi connectivity index (χ1v) is 10.3. The fraction of sp³-hybridized carbons (Fsp3) is 0.286. The van der Waals surface area contributed by atoms with Crippen LogP contribution in [-0.4, -0.2) is 30.1 Å². The fourth-order valence-electron chi connectivity index (χ4n) is 2.99. The molecule has 152 valence electrons. The van der Waals surface area contributed by atoms with Gasteiger partial charge >= 0.3 is 5.97 Å². The van der Waals surface area contributed by atoms with Crippen molar-refractivity contribution in [2.45, 2.75) is 25.1 Å². The summed E-state index contributed by atoms with van der Waals surface area (Å²) in [5.41, 5.74) is 2.04. The molecule has 0 aliphatic carbocycles. The molecule has 0 saturated carbocycles. The molecule has 6 nitrogen and oxygen atoms in total. The van der Waals surface area contributed by atoms with E-state index in [-0.39, 0.29) is 42.5 Å². The van der Waals surface area contributed by atoms with Crippen LogP contribution in [0.2, 0.25) is 0 Å². The van der Waals surface area contributed by atoms with Gasteiger partial charge in [-0.1, -0.05) is 12.1 Å². The topological polar surface area (TPSA) is 75.7 Å². The van der Waals surface area contributed by atoms with Gasteiger partial charge in [-0.15, -0.1) is 11.8 Å². The molecule has 2 amide bonds. The molecule has 1 atom stereocenters. The molecule has 1 saturated heterocycles. The van der Waals surface area contributed by atoms with Gasteiger partial charge in [0.25, 0.3) is 0 Å². The Kier molecular flexibility index (Phi) is 6.87. The van der Waals surface area contributed by atoms with Crippen molar-refractivity contribution in [2.24, 2.45) is 0 Å². The fourth-order valence-corrected chi connectivity index (χ4v) is 4.16. The van der Waals surface area contributed by atoms with Crippen molar-refractivity contribution in [3.8, 4) is 0 Å². The number of carbonyl (C=O) groups is 3. The Morgan fingerprint density at radius 2 is 1.97 bits per heavy atom. The van der Waals surface area contributed by atoms with Crippen LogP contribution in [0.4, 0.5) is 15.8 Å². The molecule has 0 aromatic heterocycles. The predicted molar refractivity (Wildman–Crippen MR) is 110 cm³/mol. The van der Waals surface area contributed by atoms with E-state index in [9.17, 15) is 18.8 Å². The number of esters is 1. The van der Waals surface area contributed by atoms with E-state index in [0.29, 0.717) is 17.1 Å². The van der Waals surface area contributed by atoms with Crippen molar-refractivity contribution in [1.29, 1.82) is 0 Å². The zero-order valence-electron chi connectivity index (χ0n) is 15.9. The summed E-state index contributed by atoms with van der Waals surface area (Å²) < 4.78 is 18.1. The highest BCUT2D eigenvalue weighted by molar-refractivity contribution is 8.00. The summed E-state index contributed by atoms with van der Waals surface area (Å²) in [5, 5.41) is 2.49. The maximum atomic E-state index is 13.2.